The molecule has 1 heterocycles. The van der Waals surface area contributed by atoms with Crippen molar-refractivity contribution in [2.75, 3.05) is 7.05 Å². The first kappa shape index (κ1) is 11.1. The maximum absolute atomic E-state index is 3.18. The first-order valence-electron chi connectivity index (χ1n) is 5.10. The Kier molecular flexibility index (Phi) is 3.96. The Balaban J connectivity index is 2.57. The van der Waals surface area contributed by atoms with E-state index >= 15 is 0 Å². The lowest BCUT2D eigenvalue weighted by Crippen LogP contribution is -2.17. The molecule has 1 rings (SSSR count). The lowest BCUT2D eigenvalue weighted by molar-refractivity contribution is 0.726. The minimum atomic E-state index is 0.454. The molecule has 0 bridgehead atoms. The van der Waals surface area contributed by atoms with E-state index in [2.05, 4.69) is 55.2 Å². The van der Waals surface area contributed by atoms with E-state index in [0.29, 0.717) is 6.04 Å². The van der Waals surface area contributed by atoms with E-state index in [-0.39, 0.29) is 0 Å². The highest BCUT2D eigenvalue weighted by atomic mass is 14.9. The van der Waals surface area contributed by atoms with Crippen molar-refractivity contribution < 1.29 is 0 Å². The van der Waals surface area contributed by atoms with Crippen molar-refractivity contribution in [1.82, 2.24) is 9.88 Å². The minimum Gasteiger partial charge on any atom is -0.354 e. The molecule has 1 aromatic rings. The van der Waals surface area contributed by atoms with Crippen LogP contribution in [0.1, 0.15) is 18.2 Å². The van der Waals surface area contributed by atoms with Gasteiger partial charge in [-0.1, -0.05) is 12.2 Å². The predicted octanol–water partition coefficient (Wildman–Crippen LogP) is 2.04. The summed E-state index contributed by atoms with van der Waals surface area (Å²) in [6.45, 7) is 4.30. The van der Waals surface area contributed by atoms with Gasteiger partial charge in [0.2, 0.25) is 0 Å². The van der Waals surface area contributed by atoms with Crippen molar-refractivity contribution in [3.63, 3.8) is 0 Å². The third-order valence-electron chi connectivity index (χ3n) is 2.62. The van der Waals surface area contributed by atoms with Gasteiger partial charge in [0.25, 0.3) is 0 Å². The van der Waals surface area contributed by atoms with E-state index < -0.39 is 0 Å². The summed E-state index contributed by atoms with van der Waals surface area (Å²) in [7, 11) is 4.07. The first-order chi connectivity index (χ1) is 6.65. The number of hydrogen-bond acceptors (Lipinski definition) is 1. The van der Waals surface area contributed by atoms with Gasteiger partial charge >= 0.3 is 0 Å². The molecule has 2 nitrogen and oxygen atoms in total. The fourth-order valence-corrected chi connectivity index (χ4v) is 1.47. The van der Waals surface area contributed by atoms with Gasteiger partial charge in [0.15, 0.2) is 0 Å². The topological polar surface area (TPSA) is 17.0 Å². The number of aromatic nitrogens is 1. The monoisotopic (exact) mass is 192 g/mol. The van der Waals surface area contributed by atoms with Gasteiger partial charge in [-0.15, -0.1) is 0 Å². The summed E-state index contributed by atoms with van der Waals surface area (Å²) in [5.41, 5.74) is 2.76. The van der Waals surface area contributed by atoms with Crippen LogP contribution in [0.5, 0.6) is 0 Å². The summed E-state index contributed by atoms with van der Waals surface area (Å²) >= 11 is 0. The fraction of sp³-hybridized carbons (Fsp3) is 0.500. The van der Waals surface area contributed by atoms with E-state index in [4.69, 9.17) is 0 Å². The second kappa shape index (κ2) is 5.01. The Bertz CT molecular complexity index is 291. The van der Waals surface area contributed by atoms with Gasteiger partial charge in [-0.25, -0.2) is 0 Å². The van der Waals surface area contributed by atoms with Crippen molar-refractivity contribution in [2.45, 2.75) is 26.3 Å². The highest BCUT2D eigenvalue weighted by molar-refractivity contribution is 5.22. The smallest absolute Gasteiger partial charge is 0.0238 e. The summed E-state index contributed by atoms with van der Waals surface area (Å²) in [5.74, 6) is 0. The first-order valence-corrected chi connectivity index (χ1v) is 5.10. The van der Waals surface area contributed by atoms with E-state index in [0.717, 1.165) is 6.42 Å². The second-order valence-electron chi connectivity index (χ2n) is 3.77. The molecule has 1 N–H and O–H groups in total. The summed E-state index contributed by atoms with van der Waals surface area (Å²) in [5, 5.41) is 3.18. The van der Waals surface area contributed by atoms with Gasteiger partial charge in [0.05, 0.1) is 0 Å². The SMILES string of the molecule is CNC(C)/C=C\Cc1c(C)ccn1C. The van der Waals surface area contributed by atoms with Gasteiger partial charge < -0.3 is 9.88 Å². The quantitative estimate of drug-likeness (QED) is 0.722. The van der Waals surface area contributed by atoms with E-state index in [1.807, 2.05) is 7.05 Å². The Morgan fingerprint density at radius 1 is 1.57 bits per heavy atom. The summed E-state index contributed by atoms with van der Waals surface area (Å²) in [4.78, 5) is 0. The van der Waals surface area contributed by atoms with Crippen LogP contribution in [0.2, 0.25) is 0 Å². The molecule has 0 amide bonds. The van der Waals surface area contributed by atoms with Crippen LogP contribution in [0.4, 0.5) is 0 Å². The fourth-order valence-electron chi connectivity index (χ4n) is 1.47. The molecular formula is C12H20N2. The maximum atomic E-state index is 3.18. The minimum absolute atomic E-state index is 0.454. The molecule has 1 aromatic heterocycles. The molecule has 2 heteroatoms. The second-order valence-corrected chi connectivity index (χ2v) is 3.77. The Labute approximate surface area is 86.6 Å². The van der Waals surface area contributed by atoms with Gasteiger partial charge in [0.1, 0.15) is 0 Å². The Hall–Kier alpha value is -1.02. The number of rotatable bonds is 4. The molecule has 0 radical (unpaired) electrons. The molecule has 1 atom stereocenters. The lowest BCUT2D eigenvalue weighted by atomic mass is 10.2. The van der Waals surface area contributed by atoms with Crippen LogP contribution >= 0.6 is 0 Å². The van der Waals surface area contributed by atoms with Crippen LogP contribution in [0.3, 0.4) is 0 Å². The van der Waals surface area contributed by atoms with Gasteiger partial charge in [-0.2, -0.15) is 0 Å². The summed E-state index contributed by atoms with van der Waals surface area (Å²) in [6, 6.07) is 2.61. The van der Waals surface area contributed by atoms with Crippen LogP contribution in [0.15, 0.2) is 24.4 Å². The summed E-state index contributed by atoms with van der Waals surface area (Å²) < 4.78 is 2.18. The average molecular weight is 192 g/mol. The van der Waals surface area contributed by atoms with Crippen molar-refractivity contribution in [2.24, 2.45) is 7.05 Å². The standard InChI is InChI=1S/C12H20N2/c1-10-8-9-14(4)12(10)7-5-6-11(2)13-3/h5-6,8-9,11,13H,7H2,1-4H3/b6-5-. The molecule has 0 spiro atoms. The number of aryl methyl sites for hydroxylation is 2. The molecule has 0 saturated heterocycles. The zero-order valence-electron chi connectivity index (χ0n) is 9.54. The molecule has 0 fully saturated rings. The normalized spacial score (nSPS) is 13.7. The molecular weight excluding hydrogens is 172 g/mol. The van der Waals surface area contributed by atoms with Crippen LogP contribution in [-0.2, 0) is 13.5 Å². The van der Waals surface area contributed by atoms with Crippen molar-refractivity contribution in [1.29, 1.82) is 0 Å². The Morgan fingerprint density at radius 3 is 2.79 bits per heavy atom. The van der Waals surface area contributed by atoms with Crippen molar-refractivity contribution in [3.05, 3.63) is 35.7 Å². The lowest BCUT2D eigenvalue weighted by Gasteiger charge is -2.04. The molecule has 1 unspecified atom stereocenters. The molecule has 0 aromatic carbocycles. The maximum Gasteiger partial charge on any atom is 0.0238 e. The highest BCUT2D eigenvalue weighted by Gasteiger charge is 1.99. The van der Waals surface area contributed by atoms with E-state index in [1.54, 1.807) is 0 Å². The average Bonchev–Trinajstić information content (AvgIpc) is 2.48. The van der Waals surface area contributed by atoms with Gasteiger partial charge in [0, 0.05) is 31.4 Å². The molecule has 78 valence electrons. The van der Waals surface area contributed by atoms with E-state index in [1.165, 1.54) is 11.3 Å². The van der Waals surface area contributed by atoms with Crippen LogP contribution in [0.25, 0.3) is 0 Å². The van der Waals surface area contributed by atoms with E-state index in [9.17, 15) is 0 Å². The van der Waals surface area contributed by atoms with Gasteiger partial charge in [-0.05, 0) is 32.5 Å². The van der Waals surface area contributed by atoms with Crippen LogP contribution < -0.4 is 5.32 Å². The Morgan fingerprint density at radius 2 is 2.29 bits per heavy atom. The zero-order valence-corrected chi connectivity index (χ0v) is 9.54. The largest absolute Gasteiger partial charge is 0.354 e. The molecule has 0 saturated carbocycles. The number of likely N-dealkylation sites (N-methyl/N-ethyl adjacent to an activating group) is 1. The molecule has 0 aliphatic rings. The van der Waals surface area contributed by atoms with Crippen molar-refractivity contribution in [3.8, 4) is 0 Å². The van der Waals surface area contributed by atoms with Crippen LogP contribution in [0, 0.1) is 6.92 Å². The number of nitrogens with zero attached hydrogens (tertiary/aromatic N) is 1. The molecule has 0 aliphatic heterocycles. The number of allylic oxidation sites excluding steroid dienone is 1. The van der Waals surface area contributed by atoms with Crippen LogP contribution in [-0.4, -0.2) is 17.7 Å². The summed E-state index contributed by atoms with van der Waals surface area (Å²) in [6.07, 6.45) is 7.55. The number of hydrogen-bond donors (Lipinski definition) is 1. The molecule has 0 aliphatic carbocycles. The zero-order chi connectivity index (χ0) is 10.6. The third kappa shape index (κ3) is 2.74. The van der Waals surface area contributed by atoms with Crippen molar-refractivity contribution >= 4 is 0 Å². The third-order valence-corrected chi connectivity index (χ3v) is 2.62. The molecule has 14 heavy (non-hydrogen) atoms. The number of nitrogens with one attached hydrogen (secondary N) is 1. The van der Waals surface area contributed by atoms with Gasteiger partial charge in [-0.3, -0.25) is 0 Å². The predicted molar refractivity (Wildman–Crippen MR) is 61.5 cm³/mol. The highest BCUT2D eigenvalue weighted by Crippen LogP contribution is 2.09.